The van der Waals surface area contributed by atoms with Crippen molar-refractivity contribution in [3.63, 3.8) is 0 Å². The first-order valence-corrected chi connectivity index (χ1v) is 15.7. The molecule has 226 valence electrons. The quantitative estimate of drug-likeness (QED) is 0.0950. The van der Waals surface area contributed by atoms with Gasteiger partial charge in [0.15, 0.2) is 0 Å². The molecule has 0 saturated carbocycles. The molecule has 0 fully saturated rings. The largest absolute Gasteiger partial charge is 0.458 e. The number of hydrogen-bond donors (Lipinski definition) is 6. The molecule has 13 heteroatoms. The summed E-state index contributed by atoms with van der Waals surface area (Å²) in [6.45, 7) is 8.86. The number of carbonyl (C=O) groups is 2. The molecule has 42 heavy (non-hydrogen) atoms. The van der Waals surface area contributed by atoms with Crippen LogP contribution in [0.1, 0.15) is 40.2 Å². The van der Waals surface area contributed by atoms with Crippen LogP contribution in [0.3, 0.4) is 0 Å². The predicted molar refractivity (Wildman–Crippen MR) is 163 cm³/mol. The monoisotopic (exact) mass is 616 g/mol. The minimum atomic E-state index is -4.14. The Bertz CT molecular complexity index is 1560. The van der Waals surface area contributed by atoms with Gasteiger partial charge in [0.2, 0.25) is 10.0 Å². The summed E-state index contributed by atoms with van der Waals surface area (Å²) < 4.78 is 34.8. The summed E-state index contributed by atoms with van der Waals surface area (Å²) in [5.41, 5.74) is 18.6. The van der Waals surface area contributed by atoms with Crippen LogP contribution in [0.15, 0.2) is 53.4 Å². The number of carbonyl (C=O) groups excluding carboxylic acids is 2. The minimum absolute atomic E-state index is 0.0149. The average molecular weight is 617 g/mol. The third-order valence-electron chi connectivity index (χ3n) is 6.57. The van der Waals surface area contributed by atoms with Gasteiger partial charge in [-0.2, -0.15) is 4.72 Å². The van der Waals surface area contributed by atoms with Crippen LogP contribution in [0.25, 0.3) is 10.4 Å². The highest BCUT2D eigenvalue weighted by molar-refractivity contribution is 7.89. The molecule has 10 N–H and O–H groups in total. The lowest BCUT2D eigenvalue weighted by Gasteiger charge is -2.21. The van der Waals surface area contributed by atoms with Gasteiger partial charge in [0.1, 0.15) is 18.7 Å². The fourth-order valence-electron chi connectivity index (χ4n) is 4.31. The molecule has 2 aromatic carbocycles. The molecule has 1 heterocycles. The third kappa shape index (κ3) is 8.61. The molecule has 11 nitrogen and oxygen atoms in total. The smallest absolute Gasteiger partial charge is 0.343 e. The molecule has 0 aliphatic carbocycles. The highest BCUT2D eigenvalue weighted by atomic mass is 32.2. The van der Waals surface area contributed by atoms with Crippen molar-refractivity contribution in [1.29, 1.82) is 0 Å². The summed E-state index contributed by atoms with van der Waals surface area (Å²) in [5, 5.41) is 2.68. The molecule has 0 radical (unpaired) electrons. The number of nitrogens with one attached hydrogen (secondary N) is 3. The van der Waals surface area contributed by atoms with E-state index < -0.39 is 27.9 Å². The van der Waals surface area contributed by atoms with Crippen molar-refractivity contribution in [2.24, 2.45) is 17.4 Å². The fraction of sp³-hybridized carbons (Fsp3) is 0.345. The lowest BCUT2D eigenvalue weighted by atomic mass is 10.1. The van der Waals surface area contributed by atoms with E-state index in [0.717, 1.165) is 16.0 Å². The molecular formula is C29H40N6O5S2+2. The van der Waals surface area contributed by atoms with Crippen LogP contribution in [0.5, 0.6) is 0 Å². The summed E-state index contributed by atoms with van der Waals surface area (Å²) in [5.74, 6) is -1.05. The number of benzene rings is 2. The maximum absolute atomic E-state index is 13.5. The average Bonchev–Trinajstić information content (AvgIpc) is 3.38. The number of guanidine groups is 1. The lowest BCUT2D eigenvalue weighted by molar-refractivity contribution is -0.436. The molecule has 0 aliphatic heterocycles. The zero-order valence-electron chi connectivity index (χ0n) is 24.5. The highest BCUT2D eigenvalue weighted by Gasteiger charge is 2.30. The Morgan fingerprint density at radius 2 is 1.71 bits per heavy atom. The summed E-state index contributed by atoms with van der Waals surface area (Å²) in [6.07, 6.45) is 0. The van der Waals surface area contributed by atoms with E-state index in [-0.39, 0.29) is 36.0 Å². The Morgan fingerprint density at radius 3 is 2.33 bits per heavy atom. The zero-order chi connectivity index (χ0) is 31.2. The molecule has 0 aliphatic rings. The van der Waals surface area contributed by atoms with Gasteiger partial charge in [0.25, 0.3) is 5.91 Å². The van der Waals surface area contributed by atoms with Gasteiger partial charge in [0, 0.05) is 17.3 Å². The van der Waals surface area contributed by atoms with Crippen LogP contribution < -0.4 is 32.2 Å². The highest BCUT2D eigenvalue weighted by Crippen LogP contribution is 2.29. The Kier molecular flexibility index (Phi) is 10.9. The summed E-state index contributed by atoms with van der Waals surface area (Å²) >= 11 is 1.24. The van der Waals surface area contributed by atoms with Crippen LogP contribution in [0.2, 0.25) is 0 Å². The van der Waals surface area contributed by atoms with Gasteiger partial charge in [-0.1, -0.05) is 43.7 Å². The normalized spacial score (nSPS) is 12.9. The molecule has 1 amide bonds. The molecule has 3 aromatic rings. The Balaban J connectivity index is 1.80. The number of aryl methyl sites for hydroxylation is 3. The van der Waals surface area contributed by atoms with E-state index in [1.165, 1.54) is 11.3 Å². The number of sulfonamides is 1. The Labute approximate surface area is 250 Å². The first-order chi connectivity index (χ1) is 19.7. The minimum Gasteiger partial charge on any atom is -0.458 e. The molecule has 2 unspecified atom stereocenters. The van der Waals surface area contributed by atoms with Crippen molar-refractivity contribution < 1.29 is 33.5 Å². The maximum atomic E-state index is 13.5. The number of nitrogens with two attached hydrogens (primary N) is 2. The first-order valence-electron chi connectivity index (χ1n) is 13.4. The lowest BCUT2D eigenvalue weighted by Crippen LogP contribution is -2.72. The van der Waals surface area contributed by atoms with Crippen molar-refractivity contribution in [3.8, 4) is 10.4 Å². The zero-order valence-corrected chi connectivity index (χ0v) is 26.1. The van der Waals surface area contributed by atoms with Crippen LogP contribution >= 0.6 is 11.3 Å². The molecule has 0 bridgehead atoms. The van der Waals surface area contributed by atoms with E-state index in [0.29, 0.717) is 21.7 Å². The van der Waals surface area contributed by atoms with E-state index in [2.05, 4.69) is 20.8 Å². The van der Waals surface area contributed by atoms with Crippen molar-refractivity contribution >= 4 is 44.9 Å². The van der Waals surface area contributed by atoms with Gasteiger partial charge in [-0.05, 0) is 61.7 Å². The standard InChI is InChI=1S/C29H38N6O5S2/c1-16(2)22(30)15-40-28(37)23(35-42(38,39)26-18(4)11-17(3)12-19(26)5)14-33-27(36)25-10-9-24(41-25)20-7-6-8-21(13-20)34-29(31)32/h6-13,16,22-23,35H,14-15,30H2,1-5H3,(H,33,36)(H4,31,32,34)/p+2. The van der Waals surface area contributed by atoms with E-state index in [9.17, 15) is 18.0 Å². The van der Waals surface area contributed by atoms with Crippen molar-refractivity contribution in [3.05, 3.63) is 70.1 Å². The molecule has 2 atom stereocenters. The number of quaternary nitrogens is 1. The fourth-order valence-corrected chi connectivity index (χ4v) is 6.86. The third-order valence-corrected chi connectivity index (χ3v) is 9.48. The Hall–Kier alpha value is -3.78. The van der Waals surface area contributed by atoms with Gasteiger partial charge in [0.05, 0.1) is 15.5 Å². The van der Waals surface area contributed by atoms with Gasteiger partial charge < -0.3 is 15.8 Å². The van der Waals surface area contributed by atoms with Crippen LogP contribution in [0.4, 0.5) is 5.69 Å². The maximum Gasteiger partial charge on any atom is 0.343 e. The summed E-state index contributed by atoms with van der Waals surface area (Å²) in [7, 11) is -4.14. The van der Waals surface area contributed by atoms with Gasteiger partial charge >= 0.3 is 11.9 Å². The van der Waals surface area contributed by atoms with Crippen molar-refractivity contribution in [1.82, 2.24) is 10.0 Å². The number of esters is 1. The molecule has 1 aromatic heterocycles. The number of hydrogen-bond acceptors (Lipinski definition) is 6. The van der Waals surface area contributed by atoms with Crippen LogP contribution in [-0.2, 0) is 19.6 Å². The van der Waals surface area contributed by atoms with E-state index in [1.807, 2.05) is 45.0 Å². The van der Waals surface area contributed by atoms with Gasteiger partial charge in [-0.15, -0.1) is 11.3 Å². The van der Waals surface area contributed by atoms with Crippen molar-refractivity contribution in [2.45, 2.75) is 51.6 Å². The second kappa shape index (κ2) is 13.9. The topological polar surface area (TPSA) is 195 Å². The van der Waals surface area contributed by atoms with Gasteiger partial charge in [-0.3, -0.25) is 21.1 Å². The van der Waals surface area contributed by atoms with E-state index in [4.69, 9.17) is 16.2 Å². The van der Waals surface area contributed by atoms with E-state index >= 15 is 0 Å². The second-order valence-corrected chi connectivity index (χ2v) is 13.3. The molecule has 3 rings (SSSR count). The Morgan fingerprint density at radius 1 is 1.05 bits per heavy atom. The molecular weight excluding hydrogens is 576 g/mol. The van der Waals surface area contributed by atoms with Gasteiger partial charge in [-0.25, -0.2) is 13.4 Å². The number of thiophene rings is 1. The summed E-state index contributed by atoms with van der Waals surface area (Å²) in [6, 6.07) is 12.8. The first kappa shape index (κ1) is 32.7. The summed E-state index contributed by atoms with van der Waals surface area (Å²) in [4.78, 5) is 30.3. The SMILES string of the molecule is Cc1cc(C)c(S(=O)(=O)NC(CNC(=O)c2ccc(-c3cccc([NH+]=C(N)N)c3)s2)C(=O)OCC([NH3+])C(C)C)c(C)c1. The second-order valence-electron chi connectivity index (χ2n) is 10.6. The number of ether oxygens (including phenoxy) is 1. The van der Waals surface area contributed by atoms with Crippen LogP contribution in [0, 0.1) is 26.7 Å². The van der Waals surface area contributed by atoms with Crippen molar-refractivity contribution in [2.75, 3.05) is 13.2 Å². The molecule has 0 spiro atoms. The predicted octanol–water partition coefficient (Wildman–Crippen LogP) is 0.212. The van der Waals surface area contributed by atoms with Crippen LogP contribution in [-0.4, -0.2) is 51.5 Å². The number of rotatable bonds is 12. The number of amides is 1. The van der Waals surface area contributed by atoms with E-state index in [1.54, 1.807) is 38.1 Å². The molecule has 0 saturated heterocycles.